The van der Waals surface area contributed by atoms with E-state index in [1.54, 1.807) is 0 Å². The van der Waals surface area contributed by atoms with Crippen molar-refractivity contribution in [3.8, 4) is 5.75 Å². The molecule has 0 N–H and O–H groups in total. The van der Waals surface area contributed by atoms with Crippen LogP contribution in [0.2, 0.25) is 20.1 Å². The molecule has 0 atom stereocenters. The summed E-state index contributed by atoms with van der Waals surface area (Å²) in [7, 11) is 0. The minimum Gasteiger partial charge on any atom is -0.871 e. The zero-order valence-corrected chi connectivity index (χ0v) is 12.1. The molecule has 0 aliphatic carbocycles. The van der Waals surface area contributed by atoms with Gasteiger partial charge in [-0.1, -0.05) is 52.2 Å². The first-order valence-corrected chi connectivity index (χ1v) is 4.05. The molecule has 1 rings (SSSR count). The fourth-order valence-corrected chi connectivity index (χ4v) is 1.33. The van der Waals surface area contributed by atoms with Gasteiger partial charge in [0.2, 0.25) is 0 Å². The zero-order chi connectivity index (χ0) is 8.59. The van der Waals surface area contributed by atoms with Gasteiger partial charge in [0.25, 0.3) is 0 Å². The van der Waals surface area contributed by atoms with Crippen molar-refractivity contribution in [2.45, 2.75) is 0 Å². The van der Waals surface area contributed by atoms with Gasteiger partial charge in [-0.15, -0.1) is 0 Å². The summed E-state index contributed by atoms with van der Waals surface area (Å²) in [6, 6.07) is 1.12. The maximum Gasteiger partial charge on any atom is 1.00 e. The maximum absolute atomic E-state index is 10.9. The van der Waals surface area contributed by atoms with Crippen LogP contribution >= 0.6 is 46.4 Å². The van der Waals surface area contributed by atoms with Crippen LogP contribution in [0.4, 0.5) is 0 Å². The molecule has 0 fully saturated rings. The molecule has 0 aliphatic heterocycles. The fraction of sp³-hybridized carbons (Fsp3) is 0. The van der Waals surface area contributed by atoms with Crippen LogP contribution in [0, 0.1) is 0 Å². The molecule has 1 aromatic rings. The topological polar surface area (TPSA) is 23.1 Å². The third-order valence-corrected chi connectivity index (χ3v) is 2.80. The van der Waals surface area contributed by atoms with Gasteiger partial charge in [0, 0.05) is 0 Å². The predicted octanol–water partition coefficient (Wildman–Crippen LogP) is 0.378. The molecule has 0 saturated carbocycles. The second kappa shape index (κ2) is 5.64. The van der Waals surface area contributed by atoms with Crippen LogP contribution in [0.15, 0.2) is 6.07 Å². The summed E-state index contributed by atoms with van der Waals surface area (Å²) in [5.74, 6) is -0.425. The molecular weight excluding hydrogens is 269 g/mol. The van der Waals surface area contributed by atoms with Crippen LogP contribution in [-0.4, -0.2) is 0 Å². The van der Waals surface area contributed by atoms with Gasteiger partial charge in [0.15, 0.2) is 0 Å². The molecule has 1 aromatic carbocycles. The van der Waals surface area contributed by atoms with E-state index in [4.69, 9.17) is 46.4 Å². The molecule has 0 radical (unpaired) electrons. The molecule has 0 unspecified atom stereocenters. The van der Waals surface area contributed by atoms with Crippen LogP contribution in [0.5, 0.6) is 5.75 Å². The molecule has 0 amide bonds. The quantitative estimate of drug-likeness (QED) is 0.379. The van der Waals surface area contributed by atoms with Gasteiger partial charge in [0.1, 0.15) is 0 Å². The number of rotatable bonds is 0. The summed E-state index contributed by atoms with van der Waals surface area (Å²) in [6.07, 6.45) is 0. The number of benzene rings is 1. The molecule has 12 heavy (non-hydrogen) atoms. The van der Waals surface area contributed by atoms with Crippen molar-refractivity contribution in [1.29, 1.82) is 0 Å². The Balaban J connectivity index is 0.00000121. The predicted molar refractivity (Wildman–Crippen MR) is 45.9 cm³/mol. The first-order valence-electron chi connectivity index (χ1n) is 2.54. The van der Waals surface area contributed by atoms with Crippen LogP contribution in [0.25, 0.3) is 0 Å². The molecule has 1 nitrogen and oxygen atoms in total. The summed E-state index contributed by atoms with van der Waals surface area (Å²) >= 11 is 22.1. The first kappa shape index (κ1) is 13.8. The summed E-state index contributed by atoms with van der Waals surface area (Å²) in [6.45, 7) is 0. The van der Waals surface area contributed by atoms with Crippen LogP contribution in [0.1, 0.15) is 0 Å². The average molecular weight is 270 g/mol. The van der Waals surface area contributed by atoms with Gasteiger partial charge >= 0.3 is 51.4 Å². The van der Waals surface area contributed by atoms with Crippen molar-refractivity contribution in [2.75, 3.05) is 0 Å². The van der Waals surface area contributed by atoms with E-state index in [0.717, 1.165) is 6.07 Å². The van der Waals surface area contributed by atoms with E-state index >= 15 is 0 Å². The Morgan fingerprint density at radius 2 is 1.42 bits per heavy atom. The van der Waals surface area contributed by atoms with E-state index in [1.807, 2.05) is 0 Å². The molecular formula is C6HCl4KO. The minimum absolute atomic E-state index is 0. The normalized spacial score (nSPS) is 9.33. The monoisotopic (exact) mass is 268 g/mol. The Morgan fingerprint density at radius 3 is 1.92 bits per heavy atom. The van der Waals surface area contributed by atoms with E-state index in [2.05, 4.69) is 0 Å². The molecule has 60 valence electrons. The summed E-state index contributed by atoms with van der Waals surface area (Å²) < 4.78 is 0. The second-order valence-corrected chi connectivity index (χ2v) is 3.34. The van der Waals surface area contributed by atoms with Crippen molar-refractivity contribution in [1.82, 2.24) is 0 Å². The van der Waals surface area contributed by atoms with Crippen molar-refractivity contribution < 1.29 is 56.5 Å². The minimum atomic E-state index is -0.425. The standard InChI is InChI=1S/C6H2Cl4O.K/c7-2-1-3(11)5(9)6(10)4(2)8;/h1,11H;/q;+1/p-1. The Kier molecular flexibility index (Phi) is 6.49. The molecule has 0 aliphatic rings. The van der Waals surface area contributed by atoms with Gasteiger partial charge in [-0.2, -0.15) is 0 Å². The summed E-state index contributed by atoms with van der Waals surface area (Å²) in [5, 5.41) is 11.0. The Bertz CT molecular complexity index is 276. The van der Waals surface area contributed by atoms with E-state index in [1.165, 1.54) is 0 Å². The summed E-state index contributed by atoms with van der Waals surface area (Å²) in [4.78, 5) is 0. The van der Waals surface area contributed by atoms with Crippen molar-refractivity contribution in [3.05, 3.63) is 26.2 Å². The van der Waals surface area contributed by atoms with Gasteiger partial charge < -0.3 is 5.11 Å². The van der Waals surface area contributed by atoms with Crippen molar-refractivity contribution >= 4 is 46.4 Å². The van der Waals surface area contributed by atoms with Crippen LogP contribution < -0.4 is 56.5 Å². The first-order chi connectivity index (χ1) is 5.04. The third-order valence-electron chi connectivity index (χ3n) is 1.07. The van der Waals surface area contributed by atoms with Gasteiger partial charge in [-0.3, -0.25) is 0 Å². The van der Waals surface area contributed by atoms with Crippen LogP contribution in [-0.2, 0) is 0 Å². The third kappa shape index (κ3) is 2.90. The second-order valence-electron chi connectivity index (χ2n) is 1.80. The van der Waals surface area contributed by atoms with Gasteiger partial charge in [0.05, 0.1) is 20.1 Å². The van der Waals surface area contributed by atoms with Crippen LogP contribution in [0.3, 0.4) is 0 Å². The van der Waals surface area contributed by atoms with E-state index in [-0.39, 0.29) is 71.5 Å². The SMILES string of the molecule is [K+].[O-]c1cc(Cl)c(Cl)c(Cl)c1Cl. The Hall–Kier alpha value is 1.82. The Labute approximate surface area is 132 Å². The van der Waals surface area contributed by atoms with E-state index in [0.29, 0.717) is 0 Å². The molecule has 0 heterocycles. The van der Waals surface area contributed by atoms with E-state index < -0.39 is 5.75 Å². The van der Waals surface area contributed by atoms with Crippen molar-refractivity contribution in [3.63, 3.8) is 0 Å². The summed E-state index contributed by atoms with van der Waals surface area (Å²) in [5.41, 5.74) is 0. The largest absolute Gasteiger partial charge is 1.00 e. The number of hydrogen-bond acceptors (Lipinski definition) is 1. The molecule has 0 bridgehead atoms. The number of hydrogen-bond donors (Lipinski definition) is 0. The molecule has 6 heteroatoms. The molecule has 0 saturated heterocycles. The fourth-order valence-electron chi connectivity index (χ4n) is 0.551. The van der Waals surface area contributed by atoms with Gasteiger partial charge in [-0.05, 0) is 6.07 Å². The smallest absolute Gasteiger partial charge is 0.871 e. The Morgan fingerprint density at radius 1 is 0.917 bits per heavy atom. The molecule has 0 aromatic heterocycles. The zero-order valence-electron chi connectivity index (χ0n) is 6.00. The van der Waals surface area contributed by atoms with Gasteiger partial charge in [-0.25, -0.2) is 0 Å². The molecule has 0 spiro atoms. The van der Waals surface area contributed by atoms with E-state index in [9.17, 15) is 5.11 Å². The van der Waals surface area contributed by atoms with Crippen molar-refractivity contribution in [2.24, 2.45) is 0 Å². The number of halogens is 4. The maximum atomic E-state index is 10.9. The average Bonchev–Trinajstić information content (AvgIpc) is 1.97.